The highest BCUT2D eigenvalue weighted by Crippen LogP contribution is 2.19. The standard InChI is InChI=1S/C13H18N2O3.C3H8/c1-15-12-5-4-9(13(16)18-3)8-10(12)11(14)6-7-17-2;1-3-2/h4-5,8,14-15H,6-7H2,1-3H3;3H2,1-2H3. The average Bonchev–Trinajstić information content (AvgIpc) is 2.51. The highest BCUT2D eigenvalue weighted by Gasteiger charge is 2.12. The molecule has 21 heavy (non-hydrogen) atoms. The molecule has 1 aromatic rings. The van der Waals surface area contributed by atoms with Crippen LogP contribution < -0.4 is 5.32 Å². The maximum absolute atomic E-state index is 11.5. The van der Waals surface area contributed by atoms with Crippen molar-refractivity contribution in [3.63, 3.8) is 0 Å². The monoisotopic (exact) mass is 294 g/mol. The molecular weight excluding hydrogens is 268 g/mol. The van der Waals surface area contributed by atoms with Crippen LogP contribution in [0.4, 0.5) is 5.69 Å². The van der Waals surface area contributed by atoms with Gasteiger partial charge in [-0.25, -0.2) is 4.79 Å². The SMILES string of the molecule is CCC.CNc1ccc(C(=O)OC)cc1C(=N)CCOC. The van der Waals surface area contributed by atoms with Crippen molar-refractivity contribution in [2.24, 2.45) is 0 Å². The van der Waals surface area contributed by atoms with E-state index in [0.717, 1.165) is 5.69 Å². The van der Waals surface area contributed by atoms with Gasteiger partial charge in [-0.15, -0.1) is 0 Å². The van der Waals surface area contributed by atoms with E-state index in [1.165, 1.54) is 13.5 Å². The number of rotatable bonds is 6. The molecule has 1 rings (SSSR count). The van der Waals surface area contributed by atoms with E-state index in [0.29, 0.717) is 29.9 Å². The van der Waals surface area contributed by atoms with Gasteiger partial charge in [0.05, 0.1) is 19.3 Å². The molecule has 5 nitrogen and oxygen atoms in total. The molecular formula is C16H26N2O3. The number of esters is 1. The summed E-state index contributed by atoms with van der Waals surface area (Å²) in [5.41, 5.74) is 2.36. The summed E-state index contributed by atoms with van der Waals surface area (Å²) < 4.78 is 9.62. The van der Waals surface area contributed by atoms with Crippen molar-refractivity contribution >= 4 is 17.4 Å². The molecule has 0 fully saturated rings. The topological polar surface area (TPSA) is 71.4 Å². The molecule has 1 aromatic carbocycles. The summed E-state index contributed by atoms with van der Waals surface area (Å²) in [6.45, 7) is 4.73. The van der Waals surface area contributed by atoms with E-state index >= 15 is 0 Å². The lowest BCUT2D eigenvalue weighted by molar-refractivity contribution is 0.0600. The Morgan fingerprint density at radius 3 is 2.38 bits per heavy atom. The largest absolute Gasteiger partial charge is 0.465 e. The summed E-state index contributed by atoms with van der Waals surface area (Å²) in [5, 5.41) is 11.0. The molecule has 0 unspecified atom stereocenters. The molecule has 0 aliphatic rings. The van der Waals surface area contributed by atoms with Crippen molar-refractivity contribution in [1.82, 2.24) is 0 Å². The Morgan fingerprint density at radius 2 is 1.90 bits per heavy atom. The Bertz CT molecular complexity index is 459. The van der Waals surface area contributed by atoms with Gasteiger partial charge in [-0.2, -0.15) is 0 Å². The van der Waals surface area contributed by atoms with E-state index in [1.807, 2.05) is 0 Å². The van der Waals surface area contributed by atoms with E-state index < -0.39 is 5.97 Å². The van der Waals surface area contributed by atoms with Crippen LogP contribution in [0.3, 0.4) is 0 Å². The third-order valence-electron chi connectivity index (χ3n) is 2.59. The molecule has 0 atom stereocenters. The second-order valence-electron chi connectivity index (χ2n) is 4.43. The fraction of sp³-hybridized carbons (Fsp3) is 0.500. The number of hydrogen-bond donors (Lipinski definition) is 2. The van der Waals surface area contributed by atoms with Gasteiger partial charge >= 0.3 is 5.97 Å². The fourth-order valence-corrected chi connectivity index (χ4v) is 1.60. The second kappa shape index (κ2) is 10.9. The lowest BCUT2D eigenvalue weighted by atomic mass is 10.0. The molecule has 5 heteroatoms. The molecule has 0 saturated carbocycles. The van der Waals surface area contributed by atoms with Crippen molar-refractivity contribution in [1.29, 1.82) is 5.41 Å². The van der Waals surface area contributed by atoms with E-state index in [9.17, 15) is 4.79 Å². The zero-order chi connectivity index (χ0) is 16.3. The van der Waals surface area contributed by atoms with Crippen molar-refractivity contribution in [3.05, 3.63) is 29.3 Å². The molecule has 0 amide bonds. The predicted octanol–water partition coefficient (Wildman–Crippen LogP) is 3.34. The molecule has 0 aliphatic heterocycles. The minimum atomic E-state index is -0.404. The number of ether oxygens (including phenoxy) is 2. The third-order valence-corrected chi connectivity index (χ3v) is 2.59. The second-order valence-corrected chi connectivity index (χ2v) is 4.43. The molecule has 0 heterocycles. The van der Waals surface area contributed by atoms with E-state index in [2.05, 4.69) is 23.9 Å². The van der Waals surface area contributed by atoms with Crippen molar-refractivity contribution < 1.29 is 14.3 Å². The highest BCUT2D eigenvalue weighted by atomic mass is 16.5. The fourth-order valence-electron chi connectivity index (χ4n) is 1.60. The number of carbonyl (C=O) groups excluding carboxylic acids is 1. The zero-order valence-electron chi connectivity index (χ0n) is 13.6. The molecule has 0 spiro atoms. The molecule has 0 radical (unpaired) electrons. The highest BCUT2D eigenvalue weighted by molar-refractivity contribution is 6.05. The van der Waals surface area contributed by atoms with Crippen molar-refractivity contribution in [3.8, 4) is 0 Å². The van der Waals surface area contributed by atoms with Crippen LogP contribution in [-0.2, 0) is 9.47 Å². The molecule has 0 aromatic heterocycles. The average molecular weight is 294 g/mol. The number of methoxy groups -OCH3 is 2. The Morgan fingerprint density at radius 1 is 1.29 bits per heavy atom. The number of anilines is 1. The number of carbonyl (C=O) groups is 1. The van der Waals surface area contributed by atoms with E-state index in [1.54, 1.807) is 32.4 Å². The van der Waals surface area contributed by atoms with Crippen LogP contribution in [0.25, 0.3) is 0 Å². The molecule has 0 bridgehead atoms. The maximum atomic E-state index is 11.5. The van der Waals surface area contributed by atoms with Crippen LogP contribution in [0, 0.1) is 5.41 Å². The van der Waals surface area contributed by atoms with Gasteiger partial charge in [0.15, 0.2) is 0 Å². The van der Waals surface area contributed by atoms with Gasteiger partial charge < -0.3 is 20.2 Å². The molecule has 118 valence electrons. The molecule has 0 saturated heterocycles. The van der Waals surface area contributed by atoms with Gasteiger partial charge in [-0.3, -0.25) is 0 Å². The number of benzene rings is 1. The lowest BCUT2D eigenvalue weighted by Crippen LogP contribution is -2.09. The Kier molecular flexibility index (Phi) is 9.88. The normalized spacial score (nSPS) is 9.38. The Balaban J connectivity index is 0.00000122. The van der Waals surface area contributed by atoms with Crippen LogP contribution in [0.1, 0.15) is 42.6 Å². The van der Waals surface area contributed by atoms with Gasteiger partial charge in [0.25, 0.3) is 0 Å². The Hall–Kier alpha value is -1.88. The predicted molar refractivity (Wildman–Crippen MR) is 86.6 cm³/mol. The third kappa shape index (κ3) is 6.40. The minimum absolute atomic E-state index is 0.404. The summed E-state index contributed by atoms with van der Waals surface area (Å²) >= 11 is 0. The van der Waals surface area contributed by atoms with Gasteiger partial charge in [-0.1, -0.05) is 20.3 Å². The van der Waals surface area contributed by atoms with Crippen LogP contribution >= 0.6 is 0 Å². The first-order valence-corrected chi connectivity index (χ1v) is 7.02. The summed E-state index contributed by atoms with van der Waals surface area (Å²) in [6.07, 6.45) is 1.75. The first-order chi connectivity index (χ1) is 10.0. The zero-order valence-corrected chi connectivity index (χ0v) is 13.6. The van der Waals surface area contributed by atoms with Crippen LogP contribution in [0.2, 0.25) is 0 Å². The van der Waals surface area contributed by atoms with E-state index in [-0.39, 0.29) is 0 Å². The maximum Gasteiger partial charge on any atom is 0.337 e. The van der Waals surface area contributed by atoms with Crippen LogP contribution in [0.5, 0.6) is 0 Å². The lowest BCUT2D eigenvalue weighted by Gasteiger charge is -2.11. The summed E-state index contributed by atoms with van der Waals surface area (Å²) in [6, 6.07) is 5.10. The minimum Gasteiger partial charge on any atom is -0.465 e. The van der Waals surface area contributed by atoms with Gasteiger partial charge in [0, 0.05) is 37.5 Å². The molecule has 0 aliphatic carbocycles. The quantitative estimate of drug-likeness (QED) is 0.623. The van der Waals surface area contributed by atoms with Crippen LogP contribution in [0.15, 0.2) is 18.2 Å². The van der Waals surface area contributed by atoms with E-state index in [4.69, 9.17) is 10.1 Å². The van der Waals surface area contributed by atoms with Crippen molar-refractivity contribution in [2.75, 3.05) is 33.2 Å². The summed E-state index contributed by atoms with van der Waals surface area (Å²) in [7, 11) is 4.71. The number of hydrogen-bond acceptors (Lipinski definition) is 5. The van der Waals surface area contributed by atoms with Gasteiger partial charge in [-0.05, 0) is 18.2 Å². The van der Waals surface area contributed by atoms with Gasteiger partial charge in [0.2, 0.25) is 0 Å². The summed E-state index contributed by atoms with van der Waals surface area (Å²) in [4.78, 5) is 11.5. The van der Waals surface area contributed by atoms with Gasteiger partial charge in [0.1, 0.15) is 0 Å². The first kappa shape index (κ1) is 19.1. The first-order valence-electron chi connectivity index (χ1n) is 7.02. The summed E-state index contributed by atoms with van der Waals surface area (Å²) in [5.74, 6) is -0.404. The Labute approximate surface area is 127 Å². The number of nitrogens with one attached hydrogen (secondary N) is 2. The van der Waals surface area contributed by atoms with Crippen molar-refractivity contribution in [2.45, 2.75) is 26.7 Å². The molecule has 2 N–H and O–H groups in total. The smallest absolute Gasteiger partial charge is 0.337 e. The van der Waals surface area contributed by atoms with Crippen LogP contribution in [-0.4, -0.2) is 39.6 Å².